The number of allylic oxidation sites excluding steroid dienone is 1. The fraction of sp³-hybridized carbons (Fsp3) is 0.750. The summed E-state index contributed by atoms with van der Waals surface area (Å²) in [5.74, 6) is 0.618. The second kappa shape index (κ2) is 8.39. The van der Waals surface area contributed by atoms with Gasteiger partial charge in [-0.3, -0.25) is 14.9 Å². The average molecular weight is 403 g/mol. The molecule has 2 aliphatic rings. The Labute approximate surface area is 141 Å². The molecule has 0 aromatic rings. The predicted octanol–water partition coefficient (Wildman–Crippen LogP) is 3.66. The second-order valence-corrected chi connectivity index (χ2v) is 6.96. The number of halogens is 1. The minimum absolute atomic E-state index is 0.197. The molecule has 0 N–H and O–H groups in total. The summed E-state index contributed by atoms with van der Waals surface area (Å²) in [6, 6.07) is 0. The Morgan fingerprint density at radius 2 is 2.43 bits per heavy atom. The van der Waals surface area contributed by atoms with Crippen molar-refractivity contribution in [1.29, 1.82) is 0 Å². The van der Waals surface area contributed by atoms with Gasteiger partial charge in [0.05, 0.1) is 6.10 Å². The Kier molecular flexibility index (Phi) is 6.82. The Morgan fingerprint density at radius 1 is 1.62 bits per heavy atom. The maximum atomic E-state index is 6.10. The number of aliphatic imine (C=N–C) groups is 2. The van der Waals surface area contributed by atoms with Crippen LogP contribution in [0.2, 0.25) is 0 Å². The zero-order valence-corrected chi connectivity index (χ0v) is 15.4. The molecule has 2 unspecified atom stereocenters. The lowest BCUT2D eigenvalue weighted by molar-refractivity contribution is -0.105. The molecule has 1 aliphatic heterocycles. The zero-order chi connectivity index (χ0) is 15.2. The number of hydrogen-bond donors (Lipinski definition) is 0. The minimum Gasteiger partial charge on any atom is -0.362 e. The lowest BCUT2D eigenvalue weighted by atomic mass is 9.84. The zero-order valence-electron chi connectivity index (χ0n) is 13.3. The lowest BCUT2D eigenvalue weighted by Gasteiger charge is -2.41. The van der Waals surface area contributed by atoms with Crippen molar-refractivity contribution in [3.8, 4) is 0 Å². The molecule has 0 aromatic heterocycles. The highest BCUT2D eigenvalue weighted by Crippen LogP contribution is 2.33. The van der Waals surface area contributed by atoms with Crippen molar-refractivity contribution >= 4 is 34.5 Å². The van der Waals surface area contributed by atoms with E-state index in [1.165, 1.54) is 5.71 Å². The maximum Gasteiger partial charge on any atom is 0.155 e. The Hall–Kier alpha value is -0.270. The Bertz CT molecular complexity index is 433. The van der Waals surface area contributed by atoms with Crippen LogP contribution in [0.1, 0.15) is 39.5 Å². The first-order chi connectivity index (χ1) is 10.1. The SMILES string of the molecule is CC=NC(I)N1COC2CC(CCC(C)=NC)=CC[C@H]2C1. The van der Waals surface area contributed by atoms with E-state index in [0.717, 1.165) is 32.2 Å². The number of nitrogens with zero attached hydrogens (tertiary/aromatic N) is 3. The number of ether oxygens (including phenoxy) is 1. The van der Waals surface area contributed by atoms with Crippen LogP contribution in [-0.2, 0) is 4.74 Å². The van der Waals surface area contributed by atoms with Gasteiger partial charge in [0, 0.05) is 25.2 Å². The van der Waals surface area contributed by atoms with E-state index in [1.54, 1.807) is 5.57 Å². The van der Waals surface area contributed by atoms with Gasteiger partial charge in [0.1, 0.15) is 6.73 Å². The highest BCUT2D eigenvalue weighted by molar-refractivity contribution is 14.1. The molecule has 0 amide bonds. The van der Waals surface area contributed by atoms with Crippen molar-refractivity contribution < 1.29 is 4.74 Å². The van der Waals surface area contributed by atoms with Crippen LogP contribution >= 0.6 is 22.6 Å². The van der Waals surface area contributed by atoms with Crippen LogP contribution in [0.4, 0.5) is 0 Å². The Morgan fingerprint density at radius 3 is 3.14 bits per heavy atom. The van der Waals surface area contributed by atoms with Crippen molar-refractivity contribution in [2.75, 3.05) is 20.3 Å². The van der Waals surface area contributed by atoms with Crippen molar-refractivity contribution in [2.45, 2.75) is 49.8 Å². The van der Waals surface area contributed by atoms with Crippen LogP contribution in [0, 0.1) is 5.92 Å². The maximum absolute atomic E-state index is 6.10. The average Bonchev–Trinajstić information content (AvgIpc) is 2.52. The molecule has 1 heterocycles. The van der Waals surface area contributed by atoms with Gasteiger partial charge in [-0.15, -0.1) is 0 Å². The van der Waals surface area contributed by atoms with Crippen LogP contribution < -0.4 is 0 Å². The molecule has 0 saturated carbocycles. The third kappa shape index (κ3) is 4.86. The summed E-state index contributed by atoms with van der Waals surface area (Å²) in [5.41, 5.74) is 2.78. The van der Waals surface area contributed by atoms with Crippen LogP contribution in [0.15, 0.2) is 21.6 Å². The fourth-order valence-corrected chi connectivity index (χ4v) is 3.64. The van der Waals surface area contributed by atoms with Gasteiger partial charge in [0.25, 0.3) is 0 Å². The quantitative estimate of drug-likeness (QED) is 0.231. The highest BCUT2D eigenvalue weighted by Gasteiger charge is 2.34. The molecule has 118 valence electrons. The molecule has 0 radical (unpaired) electrons. The van der Waals surface area contributed by atoms with E-state index in [4.69, 9.17) is 4.74 Å². The van der Waals surface area contributed by atoms with Crippen molar-refractivity contribution in [2.24, 2.45) is 15.9 Å². The molecule has 3 atom stereocenters. The predicted molar refractivity (Wildman–Crippen MR) is 97.5 cm³/mol. The molecule has 1 fully saturated rings. The largest absolute Gasteiger partial charge is 0.362 e. The number of rotatable bonds is 5. The molecule has 4 nitrogen and oxygen atoms in total. The van der Waals surface area contributed by atoms with Crippen LogP contribution in [0.25, 0.3) is 0 Å². The molecular weight excluding hydrogens is 377 g/mol. The van der Waals surface area contributed by atoms with Gasteiger partial charge in [-0.25, -0.2) is 0 Å². The van der Waals surface area contributed by atoms with Gasteiger partial charge in [-0.05, 0) is 68.3 Å². The molecule has 0 bridgehead atoms. The molecule has 1 saturated heterocycles. The molecular formula is C16H26IN3O. The molecule has 2 rings (SSSR count). The highest BCUT2D eigenvalue weighted by atomic mass is 127. The van der Waals surface area contributed by atoms with E-state index in [1.807, 2.05) is 20.2 Å². The van der Waals surface area contributed by atoms with Crippen LogP contribution in [-0.4, -0.2) is 47.4 Å². The van der Waals surface area contributed by atoms with Gasteiger partial charge in [0.15, 0.2) is 4.17 Å². The van der Waals surface area contributed by atoms with Crippen LogP contribution in [0.3, 0.4) is 0 Å². The number of hydrogen-bond acceptors (Lipinski definition) is 4. The monoisotopic (exact) mass is 403 g/mol. The number of fused-ring (bicyclic) bond motifs is 1. The van der Waals surface area contributed by atoms with E-state index in [0.29, 0.717) is 18.8 Å². The summed E-state index contributed by atoms with van der Waals surface area (Å²) < 4.78 is 6.30. The first kappa shape index (κ1) is 17.1. The normalized spacial score (nSPS) is 29.3. The van der Waals surface area contributed by atoms with Crippen molar-refractivity contribution in [3.05, 3.63) is 11.6 Å². The first-order valence-electron chi connectivity index (χ1n) is 7.71. The second-order valence-electron chi connectivity index (χ2n) is 5.84. The third-order valence-electron chi connectivity index (χ3n) is 4.38. The standard InChI is InChI=1S/C16H26IN3O/c1-4-19-16(17)20-10-14-8-7-13(6-5-12(2)18-3)9-15(14)21-11-20/h4,7,14-16H,5-6,8-11H2,1-3H3/t14-,15?,16?/m0/s1. The number of alkyl halides is 1. The smallest absolute Gasteiger partial charge is 0.155 e. The summed E-state index contributed by atoms with van der Waals surface area (Å²) in [4.78, 5) is 11.0. The van der Waals surface area contributed by atoms with E-state index in [2.05, 4.69) is 50.5 Å². The Balaban J connectivity index is 1.87. The fourth-order valence-electron chi connectivity index (χ4n) is 2.93. The van der Waals surface area contributed by atoms with Gasteiger partial charge in [-0.2, -0.15) is 0 Å². The molecule has 1 aliphatic carbocycles. The van der Waals surface area contributed by atoms with Crippen molar-refractivity contribution in [1.82, 2.24) is 4.90 Å². The first-order valence-corrected chi connectivity index (χ1v) is 8.96. The lowest BCUT2D eigenvalue weighted by Crippen LogP contribution is -2.48. The molecule has 0 aromatic carbocycles. The molecule has 5 heteroatoms. The summed E-state index contributed by atoms with van der Waals surface area (Å²) in [7, 11) is 1.87. The van der Waals surface area contributed by atoms with E-state index < -0.39 is 0 Å². The third-order valence-corrected chi connectivity index (χ3v) is 5.49. The summed E-state index contributed by atoms with van der Waals surface area (Å²) in [5, 5.41) is 0. The van der Waals surface area contributed by atoms with E-state index >= 15 is 0 Å². The molecule has 21 heavy (non-hydrogen) atoms. The molecule has 0 spiro atoms. The summed E-state index contributed by atoms with van der Waals surface area (Å²) >= 11 is 2.37. The van der Waals surface area contributed by atoms with Gasteiger partial charge in [0.2, 0.25) is 0 Å². The minimum atomic E-state index is 0.197. The van der Waals surface area contributed by atoms with Gasteiger partial charge >= 0.3 is 0 Å². The van der Waals surface area contributed by atoms with E-state index in [-0.39, 0.29) is 4.17 Å². The van der Waals surface area contributed by atoms with E-state index in [9.17, 15) is 0 Å². The summed E-state index contributed by atoms with van der Waals surface area (Å²) in [6.45, 7) is 5.87. The van der Waals surface area contributed by atoms with Gasteiger partial charge < -0.3 is 4.74 Å². The van der Waals surface area contributed by atoms with Crippen LogP contribution in [0.5, 0.6) is 0 Å². The van der Waals surface area contributed by atoms with Crippen molar-refractivity contribution in [3.63, 3.8) is 0 Å². The van der Waals surface area contributed by atoms with Gasteiger partial charge in [-0.1, -0.05) is 11.6 Å². The topological polar surface area (TPSA) is 37.2 Å². The summed E-state index contributed by atoms with van der Waals surface area (Å²) in [6.07, 6.45) is 9.15.